The number of hydrogen-bond donors (Lipinski definition) is 0. The molecule has 13 heavy (non-hydrogen) atoms. The van der Waals surface area contributed by atoms with Crippen LogP contribution in [0.15, 0.2) is 0 Å². The van der Waals surface area contributed by atoms with E-state index in [1.54, 1.807) is 0 Å². The molecule has 0 aromatic heterocycles. The Labute approximate surface area is 84.1 Å². The largest absolute Gasteiger partial charge is 0.0683 e. The summed E-state index contributed by atoms with van der Waals surface area (Å²) in [6.45, 7) is 6.54. The molecular weight excluding hydrogens is 156 g/mol. The SMILES string of the molecule is CC.CC12CCCCC1CCCC2. The second-order valence-corrected chi connectivity index (χ2v) is 4.84. The highest BCUT2D eigenvalue weighted by Gasteiger charge is 2.37. The Morgan fingerprint density at radius 1 is 0.846 bits per heavy atom. The second kappa shape index (κ2) is 5.02. The number of rotatable bonds is 0. The van der Waals surface area contributed by atoms with Crippen molar-refractivity contribution < 1.29 is 0 Å². The van der Waals surface area contributed by atoms with Gasteiger partial charge in [0.05, 0.1) is 0 Å². The average molecular weight is 182 g/mol. The maximum Gasteiger partial charge on any atom is -0.0298 e. The van der Waals surface area contributed by atoms with E-state index in [0.29, 0.717) is 0 Å². The van der Waals surface area contributed by atoms with Gasteiger partial charge < -0.3 is 0 Å². The molecule has 0 nitrogen and oxygen atoms in total. The van der Waals surface area contributed by atoms with Gasteiger partial charge in [-0.05, 0) is 37.0 Å². The van der Waals surface area contributed by atoms with E-state index in [2.05, 4.69) is 6.92 Å². The van der Waals surface area contributed by atoms with Crippen molar-refractivity contribution >= 4 is 0 Å². The molecule has 0 bridgehead atoms. The molecule has 2 aliphatic carbocycles. The fourth-order valence-electron chi connectivity index (χ4n) is 3.21. The lowest BCUT2D eigenvalue weighted by molar-refractivity contribution is 0.0647. The van der Waals surface area contributed by atoms with Gasteiger partial charge in [-0.25, -0.2) is 0 Å². The summed E-state index contributed by atoms with van der Waals surface area (Å²) in [5.41, 5.74) is 0.774. The minimum absolute atomic E-state index is 0.774. The molecule has 0 heterocycles. The van der Waals surface area contributed by atoms with E-state index < -0.39 is 0 Å². The van der Waals surface area contributed by atoms with Gasteiger partial charge in [-0.15, -0.1) is 0 Å². The predicted molar refractivity (Wildman–Crippen MR) is 59.9 cm³/mol. The minimum Gasteiger partial charge on any atom is -0.0683 e. The van der Waals surface area contributed by atoms with E-state index >= 15 is 0 Å². The van der Waals surface area contributed by atoms with Crippen LogP contribution in [0.4, 0.5) is 0 Å². The molecule has 2 fully saturated rings. The van der Waals surface area contributed by atoms with Gasteiger partial charge in [0, 0.05) is 0 Å². The van der Waals surface area contributed by atoms with Crippen molar-refractivity contribution in [3.8, 4) is 0 Å². The summed E-state index contributed by atoms with van der Waals surface area (Å²) in [7, 11) is 0. The minimum atomic E-state index is 0.774. The Kier molecular flexibility index (Phi) is 4.28. The summed E-state index contributed by atoms with van der Waals surface area (Å²) in [4.78, 5) is 0. The van der Waals surface area contributed by atoms with Gasteiger partial charge in [-0.2, -0.15) is 0 Å². The predicted octanol–water partition coefficient (Wildman–Crippen LogP) is 4.78. The lowest BCUT2D eigenvalue weighted by Crippen LogP contribution is -2.33. The van der Waals surface area contributed by atoms with Gasteiger partial charge in [0.2, 0.25) is 0 Å². The Hall–Kier alpha value is 0. The monoisotopic (exact) mass is 182 g/mol. The molecule has 0 N–H and O–H groups in total. The molecule has 0 atom stereocenters. The van der Waals surface area contributed by atoms with Gasteiger partial charge in [0.15, 0.2) is 0 Å². The van der Waals surface area contributed by atoms with E-state index in [9.17, 15) is 0 Å². The van der Waals surface area contributed by atoms with Gasteiger partial charge in [0.25, 0.3) is 0 Å². The highest BCUT2D eigenvalue weighted by molar-refractivity contribution is 4.88. The molecule has 0 amide bonds. The highest BCUT2D eigenvalue weighted by atomic mass is 14.4. The van der Waals surface area contributed by atoms with Gasteiger partial charge in [-0.1, -0.05) is 46.5 Å². The zero-order chi connectivity index (χ0) is 9.73. The standard InChI is InChI=1S/C11H20.C2H6/c1-11-8-4-2-6-10(11)7-3-5-9-11;1-2/h10H,2-9H2,1H3;1-2H3. The molecule has 2 saturated carbocycles. The van der Waals surface area contributed by atoms with Crippen LogP contribution in [0, 0.1) is 11.3 Å². The summed E-state index contributed by atoms with van der Waals surface area (Å²) in [5, 5.41) is 0. The topological polar surface area (TPSA) is 0 Å². The summed E-state index contributed by atoms with van der Waals surface area (Å²) in [5.74, 6) is 1.10. The van der Waals surface area contributed by atoms with Gasteiger partial charge in [-0.3, -0.25) is 0 Å². The molecule has 0 saturated heterocycles. The number of hydrogen-bond acceptors (Lipinski definition) is 0. The van der Waals surface area contributed by atoms with Crippen molar-refractivity contribution in [3.05, 3.63) is 0 Å². The first-order chi connectivity index (χ1) is 6.31. The third-order valence-corrected chi connectivity index (χ3v) is 4.09. The van der Waals surface area contributed by atoms with Crippen LogP contribution in [0.3, 0.4) is 0 Å². The molecule has 0 aromatic carbocycles. The molecule has 78 valence electrons. The Morgan fingerprint density at radius 3 is 1.69 bits per heavy atom. The molecule has 0 unspecified atom stereocenters. The average Bonchev–Trinajstić information content (AvgIpc) is 2.20. The molecular formula is C13H26. The van der Waals surface area contributed by atoms with Crippen LogP contribution in [0.5, 0.6) is 0 Å². The van der Waals surface area contributed by atoms with Crippen LogP contribution in [-0.2, 0) is 0 Å². The van der Waals surface area contributed by atoms with Crippen LogP contribution >= 0.6 is 0 Å². The maximum atomic E-state index is 2.54. The van der Waals surface area contributed by atoms with Crippen LogP contribution in [0.2, 0.25) is 0 Å². The summed E-state index contributed by atoms with van der Waals surface area (Å²) >= 11 is 0. The Morgan fingerprint density at radius 2 is 1.31 bits per heavy atom. The van der Waals surface area contributed by atoms with Crippen molar-refractivity contribution in [3.63, 3.8) is 0 Å². The molecule has 0 aliphatic heterocycles. The van der Waals surface area contributed by atoms with Crippen molar-refractivity contribution in [2.24, 2.45) is 11.3 Å². The van der Waals surface area contributed by atoms with E-state index in [1.807, 2.05) is 13.8 Å². The first-order valence-corrected chi connectivity index (χ1v) is 6.31. The summed E-state index contributed by atoms with van der Waals surface area (Å²) in [6, 6.07) is 0. The Bertz CT molecular complexity index is 125. The van der Waals surface area contributed by atoms with Crippen LogP contribution in [-0.4, -0.2) is 0 Å². The molecule has 0 spiro atoms. The van der Waals surface area contributed by atoms with Gasteiger partial charge >= 0.3 is 0 Å². The van der Waals surface area contributed by atoms with E-state index in [0.717, 1.165) is 11.3 Å². The van der Waals surface area contributed by atoms with Gasteiger partial charge in [0.1, 0.15) is 0 Å². The summed E-state index contributed by atoms with van der Waals surface area (Å²) < 4.78 is 0. The number of fused-ring (bicyclic) bond motifs is 1. The van der Waals surface area contributed by atoms with Crippen LogP contribution in [0.25, 0.3) is 0 Å². The Balaban J connectivity index is 0.000000396. The molecule has 2 rings (SSSR count). The zero-order valence-corrected chi connectivity index (χ0v) is 9.73. The first kappa shape index (κ1) is 11.1. The van der Waals surface area contributed by atoms with Crippen molar-refractivity contribution in [2.75, 3.05) is 0 Å². The second-order valence-electron chi connectivity index (χ2n) is 4.84. The lowest BCUT2D eigenvalue weighted by atomic mass is 9.61. The van der Waals surface area contributed by atoms with E-state index in [-0.39, 0.29) is 0 Å². The highest BCUT2D eigenvalue weighted by Crippen LogP contribution is 2.49. The van der Waals surface area contributed by atoms with Crippen molar-refractivity contribution in [2.45, 2.75) is 72.1 Å². The maximum absolute atomic E-state index is 2.54. The molecule has 2 aliphatic rings. The third-order valence-electron chi connectivity index (χ3n) is 4.09. The molecule has 0 heteroatoms. The molecule has 0 aromatic rings. The first-order valence-electron chi connectivity index (χ1n) is 6.31. The smallest absolute Gasteiger partial charge is 0.0298 e. The van der Waals surface area contributed by atoms with E-state index in [1.165, 1.54) is 51.4 Å². The lowest BCUT2D eigenvalue weighted by Gasteiger charge is -2.45. The van der Waals surface area contributed by atoms with E-state index in [4.69, 9.17) is 0 Å². The van der Waals surface area contributed by atoms with Crippen LogP contribution in [0.1, 0.15) is 72.1 Å². The normalized spacial score (nSPS) is 38.5. The van der Waals surface area contributed by atoms with Crippen LogP contribution < -0.4 is 0 Å². The fraction of sp³-hybridized carbons (Fsp3) is 1.00. The fourth-order valence-corrected chi connectivity index (χ4v) is 3.21. The quantitative estimate of drug-likeness (QED) is 0.505. The van der Waals surface area contributed by atoms with Crippen molar-refractivity contribution in [1.82, 2.24) is 0 Å². The van der Waals surface area contributed by atoms with Crippen molar-refractivity contribution in [1.29, 1.82) is 0 Å². The third kappa shape index (κ3) is 2.48. The summed E-state index contributed by atoms with van der Waals surface area (Å²) in [6.07, 6.45) is 12.2. The molecule has 0 radical (unpaired) electrons. The zero-order valence-electron chi connectivity index (χ0n) is 9.73.